The molecule has 0 amide bonds. The third-order valence-corrected chi connectivity index (χ3v) is 3.88. The number of anilines is 1. The highest BCUT2D eigenvalue weighted by Gasteiger charge is 2.16. The molecule has 0 aliphatic rings. The second-order valence-corrected chi connectivity index (χ2v) is 5.65. The van der Waals surface area contributed by atoms with Gasteiger partial charge in [-0.05, 0) is 24.3 Å². The monoisotopic (exact) mass is 293 g/mol. The molecule has 0 radical (unpaired) electrons. The zero-order valence-electron chi connectivity index (χ0n) is 9.54. The number of hydrogen-bond acceptors (Lipinski definition) is 4. The summed E-state index contributed by atoms with van der Waals surface area (Å²) in [5, 5.41) is 9.11. The van der Waals surface area contributed by atoms with Gasteiger partial charge in [0.2, 0.25) is 0 Å². The second kappa shape index (κ2) is 5.26. The van der Waals surface area contributed by atoms with Crippen LogP contribution in [0.15, 0.2) is 47.5 Å². The van der Waals surface area contributed by atoms with Crippen LogP contribution in [0.2, 0.25) is 5.15 Å². The van der Waals surface area contributed by atoms with Crippen LogP contribution < -0.4 is 4.72 Å². The lowest BCUT2D eigenvalue weighted by Gasteiger charge is -2.08. The molecule has 1 aromatic carbocycles. The van der Waals surface area contributed by atoms with Gasteiger partial charge in [-0.25, -0.2) is 13.4 Å². The highest BCUT2D eigenvalue weighted by atomic mass is 35.5. The van der Waals surface area contributed by atoms with E-state index in [-0.39, 0.29) is 21.3 Å². The topological polar surface area (TPSA) is 82.9 Å². The fourth-order valence-electron chi connectivity index (χ4n) is 1.39. The Labute approximate surface area is 115 Å². The highest BCUT2D eigenvalue weighted by molar-refractivity contribution is 7.92. The smallest absolute Gasteiger partial charge is 0.263 e. The van der Waals surface area contributed by atoms with Gasteiger partial charge in [0, 0.05) is 6.20 Å². The van der Waals surface area contributed by atoms with E-state index in [4.69, 9.17) is 16.9 Å². The number of rotatable bonds is 3. The van der Waals surface area contributed by atoms with Crippen molar-refractivity contribution < 1.29 is 8.42 Å². The molecule has 1 N–H and O–H groups in total. The molecule has 7 heteroatoms. The molecule has 2 aromatic rings. The summed E-state index contributed by atoms with van der Waals surface area (Å²) in [4.78, 5) is 3.69. The molecule has 0 fully saturated rings. The van der Waals surface area contributed by atoms with E-state index in [0.29, 0.717) is 0 Å². The molecule has 0 aliphatic heterocycles. The zero-order chi connectivity index (χ0) is 13.9. The van der Waals surface area contributed by atoms with E-state index >= 15 is 0 Å². The van der Waals surface area contributed by atoms with Gasteiger partial charge in [0.05, 0.1) is 11.3 Å². The fraction of sp³-hybridized carbons (Fsp3) is 0. The van der Waals surface area contributed by atoms with Gasteiger partial charge in [-0.1, -0.05) is 23.7 Å². The lowest BCUT2D eigenvalue weighted by Crippen LogP contribution is -2.14. The maximum atomic E-state index is 12.1. The summed E-state index contributed by atoms with van der Waals surface area (Å²) in [6.07, 6.45) is 1.15. The van der Waals surface area contributed by atoms with Crippen LogP contribution in [0, 0.1) is 11.3 Å². The number of benzene rings is 1. The molecular formula is C12H8ClN3O2S. The van der Waals surface area contributed by atoms with Crippen LogP contribution in [-0.4, -0.2) is 13.4 Å². The molecular weight excluding hydrogens is 286 g/mol. The minimum Gasteiger partial charge on any atom is -0.278 e. The van der Waals surface area contributed by atoms with E-state index in [1.165, 1.54) is 24.3 Å². The van der Waals surface area contributed by atoms with E-state index in [0.717, 1.165) is 6.20 Å². The average molecular weight is 294 g/mol. The van der Waals surface area contributed by atoms with Crippen molar-refractivity contribution in [2.24, 2.45) is 0 Å². The van der Waals surface area contributed by atoms with Gasteiger partial charge >= 0.3 is 0 Å². The molecule has 1 heterocycles. The Morgan fingerprint density at radius 1 is 1.21 bits per heavy atom. The van der Waals surface area contributed by atoms with Crippen molar-refractivity contribution in [3.63, 3.8) is 0 Å². The van der Waals surface area contributed by atoms with E-state index < -0.39 is 10.0 Å². The fourth-order valence-corrected chi connectivity index (χ4v) is 2.53. The van der Waals surface area contributed by atoms with Gasteiger partial charge in [-0.15, -0.1) is 0 Å². The van der Waals surface area contributed by atoms with Gasteiger partial charge in [0.1, 0.15) is 16.1 Å². The van der Waals surface area contributed by atoms with Crippen LogP contribution in [0.3, 0.4) is 0 Å². The maximum Gasteiger partial charge on any atom is 0.263 e. The minimum absolute atomic E-state index is 0.0235. The molecule has 5 nitrogen and oxygen atoms in total. The van der Waals surface area contributed by atoms with Crippen molar-refractivity contribution in [3.8, 4) is 6.07 Å². The van der Waals surface area contributed by atoms with Gasteiger partial charge in [0.25, 0.3) is 10.0 Å². The molecule has 19 heavy (non-hydrogen) atoms. The first-order chi connectivity index (χ1) is 9.03. The van der Waals surface area contributed by atoms with Gasteiger partial charge in [-0.2, -0.15) is 5.26 Å². The van der Waals surface area contributed by atoms with E-state index in [2.05, 4.69) is 9.71 Å². The van der Waals surface area contributed by atoms with Gasteiger partial charge < -0.3 is 0 Å². The van der Waals surface area contributed by atoms with Crippen LogP contribution >= 0.6 is 11.6 Å². The standard InChI is InChI=1S/C12H8ClN3O2S/c13-12-6-5-10(8-15-12)19(17,18)16-11-4-2-1-3-9(11)7-14/h1-6,8,16H. The predicted molar refractivity (Wildman–Crippen MR) is 71.2 cm³/mol. The van der Waals surface area contributed by atoms with Crippen LogP contribution in [0.5, 0.6) is 0 Å². The molecule has 0 spiro atoms. The first-order valence-corrected chi connectivity index (χ1v) is 7.02. The normalized spacial score (nSPS) is 10.7. The van der Waals surface area contributed by atoms with Crippen molar-refractivity contribution in [1.29, 1.82) is 5.26 Å². The number of nitrogens with zero attached hydrogens (tertiary/aromatic N) is 2. The van der Waals surface area contributed by atoms with Crippen LogP contribution in [0.1, 0.15) is 5.56 Å². The van der Waals surface area contributed by atoms with Crippen molar-refractivity contribution in [3.05, 3.63) is 53.3 Å². The molecule has 0 unspecified atom stereocenters. The Kier molecular flexibility index (Phi) is 3.69. The summed E-state index contributed by atoms with van der Waals surface area (Å²) < 4.78 is 26.5. The van der Waals surface area contributed by atoms with Crippen LogP contribution in [0.4, 0.5) is 5.69 Å². The highest BCUT2D eigenvalue weighted by Crippen LogP contribution is 2.19. The SMILES string of the molecule is N#Cc1ccccc1NS(=O)(=O)c1ccc(Cl)nc1. The molecule has 1 aromatic heterocycles. The summed E-state index contributed by atoms with van der Waals surface area (Å²) >= 11 is 5.60. The van der Waals surface area contributed by atoms with E-state index in [1.54, 1.807) is 12.1 Å². The lowest BCUT2D eigenvalue weighted by atomic mass is 10.2. The van der Waals surface area contributed by atoms with Crippen molar-refractivity contribution in [2.75, 3.05) is 4.72 Å². The number of nitriles is 1. The van der Waals surface area contributed by atoms with Crippen molar-refractivity contribution >= 4 is 27.3 Å². The maximum absolute atomic E-state index is 12.1. The zero-order valence-corrected chi connectivity index (χ0v) is 11.1. The largest absolute Gasteiger partial charge is 0.278 e. The van der Waals surface area contributed by atoms with Crippen molar-refractivity contribution in [1.82, 2.24) is 4.98 Å². The Balaban J connectivity index is 2.37. The number of sulfonamides is 1. The molecule has 0 saturated carbocycles. The molecule has 96 valence electrons. The summed E-state index contributed by atoms with van der Waals surface area (Å²) in [5.41, 5.74) is 0.466. The Morgan fingerprint density at radius 2 is 1.95 bits per heavy atom. The average Bonchev–Trinajstić information content (AvgIpc) is 2.39. The third kappa shape index (κ3) is 3.02. The first kappa shape index (κ1) is 13.3. The number of hydrogen-bond donors (Lipinski definition) is 1. The predicted octanol–water partition coefficient (Wildman–Crippen LogP) is 2.41. The minimum atomic E-state index is -3.78. The molecule has 0 bridgehead atoms. The summed E-state index contributed by atoms with van der Waals surface area (Å²) in [5.74, 6) is 0. The number of pyridine rings is 1. The third-order valence-electron chi connectivity index (χ3n) is 2.30. The van der Waals surface area contributed by atoms with Crippen LogP contribution in [-0.2, 0) is 10.0 Å². The molecule has 0 aliphatic carbocycles. The van der Waals surface area contributed by atoms with Crippen LogP contribution in [0.25, 0.3) is 0 Å². The number of aromatic nitrogens is 1. The summed E-state index contributed by atoms with van der Waals surface area (Å²) in [7, 11) is -3.78. The number of halogens is 1. The lowest BCUT2D eigenvalue weighted by molar-refractivity contribution is 0.601. The Morgan fingerprint density at radius 3 is 2.58 bits per heavy atom. The van der Waals surface area contributed by atoms with E-state index in [1.807, 2.05) is 6.07 Å². The van der Waals surface area contributed by atoms with Crippen molar-refractivity contribution in [2.45, 2.75) is 4.90 Å². The summed E-state index contributed by atoms with van der Waals surface area (Å²) in [6.45, 7) is 0. The molecule has 0 atom stereocenters. The molecule has 2 rings (SSSR count). The van der Waals surface area contributed by atoms with Gasteiger partial charge in [0.15, 0.2) is 0 Å². The number of para-hydroxylation sites is 1. The first-order valence-electron chi connectivity index (χ1n) is 5.16. The van der Waals surface area contributed by atoms with Gasteiger partial charge in [-0.3, -0.25) is 4.72 Å². The quantitative estimate of drug-likeness (QED) is 0.881. The second-order valence-electron chi connectivity index (χ2n) is 3.58. The summed E-state index contributed by atoms with van der Waals surface area (Å²) in [6, 6.07) is 11.0. The van der Waals surface area contributed by atoms with E-state index in [9.17, 15) is 8.42 Å². The Hall–Kier alpha value is -2.10. The number of nitrogens with one attached hydrogen (secondary N) is 1. The molecule has 0 saturated heterocycles. The Bertz CT molecular complexity index is 736.